The van der Waals surface area contributed by atoms with Crippen molar-refractivity contribution in [2.24, 2.45) is 0 Å². The molecule has 0 aromatic heterocycles. The number of carbonyl (C=O) groups is 2. The molecule has 0 atom stereocenters. The molecule has 2 aromatic carbocycles. The first-order chi connectivity index (χ1) is 14.4. The lowest BCUT2D eigenvalue weighted by atomic mass is 10.0. The lowest BCUT2D eigenvalue weighted by Gasteiger charge is -2.18. The van der Waals surface area contributed by atoms with Crippen LogP contribution < -0.4 is 9.64 Å². The predicted octanol–water partition coefficient (Wildman–Crippen LogP) is 5.09. The number of benzene rings is 2. The number of aryl methyl sites for hydroxylation is 1. The molecule has 5 nitrogen and oxygen atoms in total. The van der Waals surface area contributed by atoms with Crippen molar-refractivity contribution in [2.75, 3.05) is 18.6 Å². The summed E-state index contributed by atoms with van der Waals surface area (Å²) >= 11 is 6.25. The average molecular weight is 424 g/mol. The summed E-state index contributed by atoms with van der Waals surface area (Å²) in [6, 6.07) is 12.6. The van der Waals surface area contributed by atoms with Gasteiger partial charge < -0.3 is 9.47 Å². The lowest BCUT2D eigenvalue weighted by molar-refractivity contribution is -0.136. The third-order valence-corrected chi connectivity index (χ3v) is 5.17. The minimum Gasteiger partial charge on any atom is -0.490 e. The second kappa shape index (κ2) is 9.01. The van der Waals surface area contributed by atoms with Gasteiger partial charge in [-0.25, -0.2) is 4.79 Å². The fourth-order valence-corrected chi connectivity index (χ4v) is 3.37. The molecule has 0 spiro atoms. The van der Waals surface area contributed by atoms with Gasteiger partial charge in [-0.05, 0) is 55.3 Å². The first-order valence-corrected chi connectivity index (χ1v) is 9.70. The number of amides is 1. The van der Waals surface area contributed by atoms with Crippen LogP contribution in [0.4, 0.5) is 5.69 Å². The van der Waals surface area contributed by atoms with E-state index in [4.69, 9.17) is 21.1 Å². The van der Waals surface area contributed by atoms with Gasteiger partial charge in [0.25, 0.3) is 5.91 Å². The number of anilines is 1. The van der Waals surface area contributed by atoms with E-state index in [2.05, 4.69) is 6.58 Å². The summed E-state index contributed by atoms with van der Waals surface area (Å²) in [4.78, 5) is 27.2. The van der Waals surface area contributed by atoms with Crippen LogP contribution in [-0.4, -0.2) is 25.6 Å². The van der Waals surface area contributed by atoms with Crippen LogP contribution in [0.3, 0.4) is 0 Å². The zero-order valence-electron chi connectivity index (χ0n) is 17.1. The second-order valence-electron chi connectivity index (χ2n) is 6.75. The van der Waals surface area contributed by atoms with Gasteiger partial charge in [-0.2, -0.15) is 0 Å². The maximum absolute atomic E-state index is 13.3. The Morgan fingerprint density at radius 2 is 1.87 bits per heavy atom. The third-order valence-electron chi connectivity index (χ3n) is 4.76. The van der Waals surface area contributed by atoms with E-state index >= 15 is 0 Å². The van der Waals surface area contributed by atoms with Crippen molar-refractivity contribution in [1.82, 2.24) is 0 Å². The number of hydrogen-bond acceptors (Lipinski definition) is 4. The normalized spacial score (nSPS) is 15.0. The van der Waals surface area contributed by atoms with E-state index in [1.807, 2.05) is 25.1 Å². The van der Waals surface area contributed by atoms with Gasteiger partial charge in [0.15, 0.2) is 0 Å². The minimum atomic E-state index is -0.571. The number of ether oxygens (including phenoxy) is 2. The van der Waals surface area contributed by atoms with Gasteiger partial charge in [-0.1, -0.05) is 42.5 Å². The number of nitrogens with zero attached hydrogens (tertiary/aromatic N) is 1. The summed E-state index contributed by atoms with van der Waals surface area (Å²) in [7, 11) is 1.29. The number of rotatable bonds is 6. The Kier molecular flexibility index (Phi) is 6.43. The van der Waals surface area contributed by atoms with Gasteiger partial charge in [0.2, 0.25) is 0 Å². The molecule has 6 heteroatoms. The van der Waals surface area contributed by atoms with Crippen molar-refractivity contribution in [3.8, 4) is 5.75 Å². The molecule has 3 rings (SSSR count). The molecule has 2 aromatic rings. The summed E-state index contributed by atoms with van der Waals surface area (Å²) < 4.78 is 10.4. The molecule has 1 aliphatic rings. The largest absolute Gasteiger partial charge is 0.490 e. The molecule has 0 N–H and O–H groups in total. The van der Waals surface area contributed by atoms with Crippen LogP contribution in [0.25, 0.3) is 6.08 Å². The summed E-state index contributed by atoms with van der Waals surface area (Å²) in [5, 5.41) is 0.542. The fraction of sp³-hybridized carbons (Fsp3) is 0.167. The molecule has 0 bridgehead atoms. The summed E-state index contributed by atoms with van der Waals surface area (Å²) in [5.41, 5.74) is 3.22. The van der Waals surface area contributed by atoms with E-state index in [0.717, 1.165) is 11.1 Å². The topological polar surface area (TPSA) is 55.8 Å². The van der Waals surface area contributed by atoms with E-state index in [9.17, 15) is 9.59 Å². The number of carbonyl (C=O) groups excluding carboxylic acids is 2. The predicted molar refractivity (Wildman–Crippen MR) is 119 cm³/mol. The molecule has 0 fully saturated rings. The van der Waals surface area contributed by atoms with E-state index in [0.29, 0.717) is 28.8 Å². The molecule has 1 amide bonds. The number of methoxy groups -OCH3 is 1. The maximum atomic E-state index is 13.3. The molecule has 0 unspecified atom stereocenters. The van der Waals surface area contributed by atoms with Crippen LogP contribution in [0.1, 0.15) is 18.1 Å². The van der Waals surface area contributed by atoms with Crippen LogP contribution in [-0.2, 0) is 14.3 Å². The minimum absolute atomic E-state index is 0.228. The summed E-state index contributed by atoms with van der Waals surface area (Å²) in [5.74, 6) is -0.204. The lowest BCUT2D eigenvalue weighted by Crippen LogP contribution is -2.24. The third kappa shape index (κ3) is 4.16. The van der Waals surface area contributed by atoms with Crippen molar-refractivity contribution >= 4 is 35.2 Å². The Labute approximate surface area is 180 Å². The van der Waals surface area contributed by atoms with Crippen molar-refractivity contribution in [3.63, 3.8) is 0 Å². The highest BCUT2D eigenvalue weighted by atomic mass is 35.5. The highest BCUT2D eigenvalue weighted by Crippen LogP contribution is 2.36. The highest BCUT2D eigenvalue weighted by molar-refractivity contribution is 6.32. The molecule has 1 heterocycles. The van der Waals surface area contributed by atoms with Gasteiger partial charge >= 0.3 is 5.97 Å². The number of esters is 1. The molecule has 30 heavy (non-hydrogen) atoms. The molecular formula is C24H22ClNO4. The van der Waals surface area contributed by atoms with Crippen molar-refractivity contribution in [3.05, 3.63) is 88.1 Å². The van der Waals surface area contributed by atoms with E-state index in [1.165, 1.54) is 12.0 Å². The van der Waals surface area contributed by atoms with Crippen LogP contribution in [0.15, 0.2) is 72.0 Å². The van der Waals surface area contributed by atoms with Gasteiger partial charge in [0.05, 0.1) is 23.9 Å². The summed E-state index contributed by atoms with van der Waals surface area (Å²) in [6.07, 6.45) is 3.33. The highest BCUT2D eigenvalue weighted by Gasteiger charge is 2.38. The van der Waals surface area contributed by atoms with Gasteiger partial charge in [-0.15, -0.1) is 0 Å². The van der Waals surface area contributed by atoms with Gasteiger partial charge in [-0.3, -0.25) is 9.69 Å². The fourth-order valence-electron chi connectivity index (χ4n) is 3.19. The monoisotopic (exact) mass is 423 g/mol. The van der Waals surface area contributed by atoms with Crippen LogP contribution in [0, 0.1) is 6.92 Å². The van der Waals surface area contributed by atoms with Crippen molar-refractivity contribution in [1.29, 1.82) is 0 Å². The van der Waals surface area contributed by atoms with Gasteiger partial charge in [0, 0.05) is 10.7 Å². The SMILES string of the molecule is C=CCOc1ccc(/C=C2\C(=O)N(c3ccc(C)c(Cl)c3)C(C)=C2C(=O)OC)cc1. The van der Waals surface area contributed by atoms with E-state index in [1.54, 1.807) is 43.3 Å². The van der Waals surface area contributed by atoms with Crippen LogP contribution in [0.2, 0.25) is 5.02 Å². The van der Waals surface area contributed by atoms with E-state index in [-0.39, 0.29) is 17.1 Å². The molecule has 0 aliphatic carbocycles. The Morgan fingerprint density at radius 3 is 2.47 bits per heavy atom. The molecular weight excluding hydrogens is 402 g/mol. The molecule has 0 radical (unpaired) electrons. The standard InChI is InChI=1S/C24H22ClNO4/c1-5-12-30-19-10-7-17(8-11-19)13-20-22(24(28)29-4)16(3)26(23(20)27)18-9-6-15(2)21(25)14-18/h5-11,13-14H,1,12H2,2-4H3/b20-13-. The van der Waals surface area contributed by atoms with Crippen LogP contribution >= 0.6 is 11.6 Å². The first kappa shape index (κ1) is 21.4. The Morgan fingerprint density at radius 1 is 1.17 bits per heavy atom. The maximum Gasteiger partial charge on any atom is 0.340 e. The van der Waals surface area contributed by atoms with Crippen molar-refractivity contribution < 1.29 is 19.1 Å². The van der Waals surface area contributed by atoms with Crippen LogP contribution in [0.5, 0.6) is 5.75 Å². The number of halogens is 1. The molecule has 1 aliphatic heterocycles. The summed E-state index contributed by atoms with van der Waals surface area (Å²) in [6.45, 7) is 7.62. The second-order valence-corrected chi connectivity index (χ2v) is 7.16. The van der Waals surface area contributed by atoms with Crippen molar-refractivity contribution in [2.45, 2.75) is 13.8 Å². The number of hydrogen-bond donors (Lipinski definition) is 0. The average Bonchev–Trinajstić information content (AvgIpc) is 2.98. The molecule has 154 valence electrons. The van der Waals surface area contributed by atoms with E-state index < -0.39 is 5.97 Å². The zero-order chi connectivity index (χ0) is 21.8. The first-order valence-electron chi connectivity index (χ1n) is 9.33. The number of allylic oxidation sites excluding steroid dienone is 1. The smallest absolute Gasteiger partial charge is 0.340 e. The Hall–Kier alpha value is -3.31. The van der Waals surface area contributed by atoms with Gasteiger partial charge in [0.1, 0.15) is 12.4 Å². The quantitative estimate of drug-likeness (QED) is 0.369. The Balaban J connectivity index is 2.03. The molecule has 0 saturated carbocycles. The zero-order valence-corrected chi connectivity index (χ0v) is 17.8. The molecule has 0 saturated heterocycles. The Bertz CT molecular complexity index is 1070.